The van der Waals surface area contributed by atoms with Gasteiger partial charge in [-0.1, -0.05) is 36.4 Å². The van der Waals surface area contributed by atoms with Crippen molar-refractivity contribution in [2.24, 2.45) is 0 Å². The van der Waals surface area contributed by atoms with Crippen molar-refractivity contribution < 1.29 is 14.6 Å². The smallest absolute Gasteiger partial charge is 0.262 e. The summed E-state index contributed by atoms with van der Waals surface area (Å²) in [6, 6.07) is 21.7. The molecule has 0 spiro atoms. The molecule has 1 aliphatic rings. The number of benzene rings is 3. The van der Waals surface area contributed by atoms with Crippen LogP contribution in [0.5, 0.6) is 11.5 Å². The van der Waals surface area contributed by atoms with Crippen molar-refractivity contribution >= 4 is 17.3 Å². The summed E-state index contributed by atoms with van der Waals surface area (Å²) in [7, 11) is 1.58. The van der Waals surface area contributed by atoms with Crippen LogP contribution >= 0.6 is 0 Å². The molecule has 1 atom stereocenters. The molecular formula is C21H18N2O3. The minimum Gasteiger partial charge on any atom is -0.508 e. The third-order valence-corrected chi connectivity index (χ3v) is 4.46. The molecule has 0 bridgehead atoms. The summed E-state index contributed by atoms with van der Waals surface area (Å²) < 4.78 is 5.47. The summed E-state index contributed by atoms with van der Waals surface area (Å²) in [5, 5.41) is 13.3. The maximum atomic E-state index is 13.3. The quantitative estimate of drug-likeness (QED) is 0.747. The maximum Gasteiger partial charge on any atom is 0.262 e. The SMILES string of the molecule is COc1ccccc1N1C(=O)c2ccccc2N[C@H]1c1cccc(O)c1. The zero-order valence-electron chi connectivity index (χ0n) is 14.2. The second-order valence-corrected chi connectivity index (χ2v) is 6.03. The van der Waals surface area contributed by atoms with Gasteiger partial charge in [0.2, 0.25) is 0 Å². The van der Waals surface area contributed by atoms with Crippen molar-refractivity contribution in [1.82, 2.24) is 0 Å². The third-order valence-electron chi connectivity index (χ3n) is 4.46. The van der Waals surface area contributed by atoms with E-state index in [1.165, 1.54) is 0 Å². The molecule has 3 aromatic carbocycles. The topological polar surface area (TPSA) is 61.8 Å². The van der Waals surface area contributed by atoms with Gasteiger partial charge in [0.15, 0.2) is 0 Å². The Hall–Kier alpha value is -3.47. The summed E-state index contributed by atoms with van der Waals surface area (Å²) >= 11 is 0. The Bertz CT molecular complexity index is 971. The normalized spacial score (nSPS) is 16.0. The van der Waals surface area contributed by atoms with Crippen molar-refractivity contribution in [1.29, 1.82) is 0 Å². The lowest BCUT2D eigenvalue weighted by Gasteiger charge is -2.38. The molecule has 0 aromatic heterocycles. The van der Waals surface area contributed by atoms with Crippen molar-refractivity contribution in [3.05, 3.63) is 83.9 Å². The highest BCUT2D eigenvalue weighted by Gasteiger charge is 2.35. The average molecular weight is 346 g/mol. The number of nitrogens with zero attached hydrogens (tertiary/aromatic N) is 1. The van der Waals surface area contributed by atoms with Gasteiger partial charge in [-0.25, -0.2) is 0 Å². The Balaban J connectivity index is 1.91. The predicted molar refractivity (Wildman–Crippen MR) is 101 cm³/mol. The largest absolute Gasteiger partial charge is 0.508 e. The fraction of sp³-hybridized carbons (Fsp3) is 0.0952. The monoisotopic (exact) mass is 346 g/mol. The van der Waals surface area contributed by atoms with E-state index in [2.05, 4.69) is 5.32 Å². The van der Waals surface area contributed by atoms with Gasteiger partial charge < -0.3 is 15.2 Å². The van der Waals surface area contributed by atoms with Crippen molar-refractivity contribution in [3.63, 3.8) is 0 Å². The lowest BCUT2D eigenvalue weighted by atomic mass is 10.0. The molecular weight excluding hydrogens is 328 g/mol. The number of aromatic hydroxyl groups is 1. The first-order valence-corrected chi connectivity index (χ1v) is 8.30. The molecule has 130 valence electrons. The summed E-state index contributed by atoms with van der Waals surface area (Å²) in [6.45, 7) is 0. The number of hydrogen-bond donors (Lipinski definition) is 2. The molecule has 0 unspecified atom stereocenters. The van der Waals surface area contributed by atoms with Crippen molar-refractivity contribution in [2.45, 2.75) is 6.17 Å². The number of phenolic OH excluding ortho intramolecular Hbond substituents is 1. The number of nitrogens with one attached hydrogen (secondary N) is 1. The van der Waals surface area contributed by atoms with E-state index in [0.29, 0.717) is 17.0 Å². The summed E-state index contributed by atoms with van der Waals surface area (Å²) in [5.41, 5.74) is 2.79. The van der Waals surface area contributed by atoms with E-state index in [1.54, 1.807) is 36.3 Å². The van der Waals surface area contributed by atoms with Gasteiger partial charge in [0.1, 0.15) is 17.7 Å². The summed E-state index contributed by atoms with van der Waals surface area (Å²) in [4.78, 5) is 15.0. The van der Waals surface area contributed by atoms with Crippen LogP contribution in [0.3, 0.4) is 0 Å². The van der Waals surface area contributed by atoms with Gasteiger partial charge in [-0.05, 0) is 42.0 Å². The molecule has 2 N–H and O–H groups in total. The number of fused-ring (bicyclic) bond motifs is 1. The van der Waals surface area contributed by atoms with Gasteiger partial charge in [-0.2, -0.15) is 0 Å². The van der Waals surface area contributed by atoms with E-state index >= 15 is 0 Å². The molecule has 3 aromatic rings. The first-order chi connectivity index (χ1) is 12.7. The molecule has 5 heteroatoms. The fourth-order valence-electron chi connectivity index (χ4n) is 3.26. The summed E-state index contributed by atoms with van der Waals surface area (Å²) in [6.07, 6.45) is -0.471. The van der Waals surface area contributed by atoms with Gasteiger partial charge >= 0.3 is 0 Å². The molecule has 0 aliphatic carbocycles. The Morgan fingerprint density at radius 1 is 1.00 bits per heavy atom. The Labute approximate surface area is 151 Å². The first-order valence-electron chi connectivity index (χ1n) is 8.30. The number of ether oxygens (including phenoxy) is 1. The number of phenols is 1. The number of amides is 1. The number of rotatable bonds is 3. The van der Waals surface area contributed by atoms with Crippen LogP contribution in [0.25, 0.3) is 0 Å². The average Bonchev–Trinajstić information content (AvgIpc) is 2.68. The Morgan fingerprint density at radius 3 is 2.58 bits per heavy atom. The van der Waals surface area contributed by atoms with Gasteiger partial charge in [-0.3, -0.25) is 9.69 Å². The molecule has 26 heavy (non-hydrogen) atoms. The van der Waals surface area contributed by atoms with Crippen LogP contribution in [0.1, 0.15) is 22.1 Å². The highest BCUT2D eigenvalue weighted by Crippen LogP contribution is 2.40. The standard InChI is InChI=1S/C21H18N2O3/c1-26-19-12-5-4-11-18(19)23-20(14-7-6-8-15(24)13-14)22-17-10-3-2-9-16(17)21(23)25/h2-13,20,22,24H,1H3/t20-/m1/s1. The van der Waals surface area contributed by atoms with Crippen LogP contribution in [0.4, 0.5) is 11.4 Å². The number of carbonyl (C=O) groups is 1. The molecule has 0 fully saturated rings. The van der Waals surface area contributed by atoms with Crippen LogP contribution in [-0.2, 0) is 0 Å². The summed E-state index contributed by atoms with van der Waals surface area (Å²) in [5.74, 6) is 0.625. The molecule has 1 amide bonds. The van der Waals surface area contributed by atoms with E-state index in [4.69, 9.17) is 4.74 Å². The Kier molecular flexibility index (Phi) is 3.97. The fourth-order valence-corrected chi connectivity index (χ4v) is 3.26. The minimum atomic E-state index is -0.471. The zero-order chi connectivity index (χ0) is 18.1. The second-order valence-electron chi connectivity index (χ2n) is 6.03. The van der Waals surface area contributed by atoms with Crippen molar-refractivity contribution in [2.75, 3.05) is 17.3 Å². The van der Waals surface area contributed by atoms with Crippen LogP contribution in [0, 0.1) is 0 Å². The second kappa shape index (κ2) is 6.44. The maximum absolute atomic E-state index is 13.3. The minimum absolute atomic E-state index is 0.128. The third kappa shape index (κ3) is 2.63. The molecule has 0 saturated carbocycles. The number of para-hydroxylation sites is 3. The highest BCUT2D eigenvalue weighted by atomic mass is 16.5. The van der Waals surface area contributed by atoms with Crippen LogP contribution in [0.2, 0.25) is 0 Å². The van der Waals surface area contributed by atoms with E-state index in [0.717, 1.165) is 11.3 Å². The number of methoxy groups -OCH3 is 1. The molecule has 4 rings (SSSR count). The first kappa shape index (κ1) is 16.0. The number of carbonyl (C=O) groups excluding carboxylic acids is 1. The molecule has 0 radical (unpaired) electrons. The van der Waals surface area contributed by atoms with E-state index < -0.39 is 6.17 Å². The number of hydrogen-bond acceptors (Lipinski definition) is 4. The number of anilines is 2. The van der Waals surface area contributed by atoms with E-state index in [9.17, 15) is 9.90 Å². The van der Waals surface area contributed by atoms with Gasteiger partial charge in [0.05, 0.1) is 18.4 Å². The lowest BCUT2D eigenvalue weighted by Crippen LogP contribution is -2.43. The van der Waals surface area contributed by atoms with Crippen LogP contribution < -0.4 is 15.0 Å². The zero-order valence-corrected chi connectivity index (χ0v) is 14.2. The predicted octanol–water partition coefficient (Wildman–Crippen LogP) is 4.17. The van der Waals surface area contributed by atoms with Gasteiger partial charge in [0, 0.05) is 5.69 Å². The molecule has 5 nitrogen and oxygen atoms in total. The molecule has 1 aliphatic heterocycles. The van der Waals surface area contributed by atoms with Gasteiger partial charge in [0.25, 0.3) is 5.91 Å². The molecule has 1 heterocycles. The van der Waals surface area contributed by atoms with E-state index in [1.807, 2.05) is 48.5 Å². The van der Waals surface area contributed by atoms with E-state index in [-0.39, 0.29) is 11.7 Å². The lowest BCUT2D eigenvalue weighted by molar-refractivity contribution is 0.0974. The molecule has 0 saturated heterocycles. The van der Waals surface area contributed by atoms with Gasteiger partial charge in [-0.15, -0.1) is 0 Å². The highest BCUT2D eigenvalue weighted by molar-refractivity contribution is 6.12. The van der Waals surface area contributed by atoms with Crippen LogP contribution in [-0.4, -0.2) is 18.1 Å². The van der Waals surface area contributed by atoms with Crippen molar-refractivity contribution in [3.8, 4) is 11.5 Å². The Morgan fingerprint density at radius 2 is 1.77 bits per heavy atom. The van der Waals surface area contributed by atoms with Crippen LogP contribution in [0.15, 0.2) is 72.8 Å².